The second-order valence-electron chi connectivity index (χ2n) is 25.1. The third kappa shape index (κ3) is 43.7. The number of phosphoric ester groups is 4. The van der Waals surface area contributed by atoms with E-state index in [1.807, 2.05) is 0 Å². The van der Waals surface area contributed by atoms with E-state index in [1.165, 1.54) is 13.8 Å². The zero-order valence-corrected chi connectivity index (χ0v) is 70.7. The molecular weight excluding hydrogens is 1770 g/mol. The number of rotatable bonds is 28. The molecule has 16 radical (unpaired) electrons. The van der Waals surface area contributed by atoms with Gasteiger partial charge in [-0.2, -0.15) is 0 Å². The van der Waals surface area contributed by atoms with Crippen molar-refractivity contribution in [2.24, 2.45) is 35.5 Å². The van der Waals surface area contributed by atoms with Crippen molar-refractivity contribution in [1.29, 1.82) is 0 Å². The molecule has 7 fully saturated rings. The number of aliphatic hydroxyl groups excluding tert-OH is 7. The minimum atomic E-state index is -5.03. The Labute approximate surface area is 655 Å². The van der Waals surface area contributed by atoms with Crippen molar-refractivity contribution in [1.82, 2.24) is 0 Å². The summed E-state index contributed by atoms with van der Waals surface area (Å²) in [6.07, 6.45) is -12.7. The van der Waals surface area contributed by atoms with Gasteiger partial charge in [0.15, 0.2) is 0 Å². The number of hydrogen-bond donors (Lipinski definition) is 21. The van der Waals surface area contributed by atoms with Crippen LogP contribution in [0.2, 0.25) is 0 Å². The van der Waals surface area contributed by atoms with Crippen LogP contribution < -0.4 is 0 Å². The van der Waals surface area contributed by atoms with Crippen molar-refractivity contribution in [3.8, 4) is 0 Å². The van der Waals surface area contributed by atoms with Crippen molar-refractivity contribution in [3.05, 3.63) is 0 Å². The molecule has 0 amide bonds. The van der Waals surface area contributed by atoms with E-state index in [2.05, 4.69) is 50.6 Å². The van der Waals surface area contributed by atoms with Gasteiger partial charge in [0.2, 0.25) is 7.57 Å². The van der Waals surface area contributed by atoms with Gasteiger partial charge in [0.1, 0.15) is 95.9 Å². The van der Waals surface area contributed by atoms with E-state index < -0.39 is 223 Å². The van der Waals surface area contributed by atoms with Crippen LogP contribution in [0.1, 0.15) is 41.5 Å². The molecule has 0 aromatic carbocycles. The van der Waals surface area contributed by atoms with Crippen molar-refractivity contribution in [3.63, 3.8) is 0 Å². The predicted molar refractivity (Wildman–Crippen MR) is 383 cm³/mol. The molecule has 48 nitrogen and oxygen atoms in total. The first kappa shape index (κ1) is 111. The van der Waals surface area contributed by atoms with Crippen LogP contribution in [0, 0.1) is 35.5 Å². The smallest absolute Gasteiger partial charge is 0.390 e. The minimum absolute atomic E-state index is 0.0590. The molecule has 21 N–H and O–H groups in total. The summed E-state index contributed by atoms with van der Waals surface area (Å²) < 4.78 is 180. The van der Waals surface area contributed by atoms with Gasteiger partial charge in [-0.1, -0.05) is 34.6 Å². The molecule has 0 saturated carbocycles. The topological polar surface area (TPSA) is 745 Å². The Morgan fingerprint density at radius 2 is 0.495 bits per heavy atom. The minimum Gasteiger partial charge on any atom is -0.390 e. The summed E-state index contributed by atoms with van der Waals surface area (Å²) in [5.41, 5.74) is 0. The summed E-state index contributed by atoms with van der Waals surface area (Å²) in [4.78, 5) is 119. The summed E-state index contributed by atoms with van der Waals surface area (Å²) >= 11 is 2.48. The van der Waals surface area contributed by atoms with Crippen LogP contribution in [0.5, 0.6) is 0 Å². The van der Waals surface area contributed by atoms with Crippen LogP contribution >= 0.6 is 75.8 Å². The van der Waals surface area contributed by atoms with Gasteiger partial charge in [-0.3, -0.25) is 27.2 Å². The van der Waals surface area contributed by atoms with Crippen molar-refractivity contribution < 1.29 is 228 Å². The average molecular weight is 1860 g/mol. The Morgan fingerprint density at radius 1 is 0.297 bits per heavy atom. The quantitative estimate of drug-likeness (QED) is 0.0256. The van der Waals surface area contributed by atoms with Crippen molar-refractivity contribution in [2.45, 2.75) is 175 Å². The average Bonchev–Trinajstić information content (AvgIpc) is 1.79. The Morgan fingerprint density at radius 3 is 0.685 bits per heavy atom. The molecule has 7 aliphatic heterocycles. The first-order valence-electron chi connectivity index (χ1n) is 31.6. The van der Waals surface area contributed by atoms with Crippen LogP contribution in [-0.4, -0.2) is 382 Å². The first-order valence-corrected chi connectivity index (χ1v) is 50.2. The summed E-state index contributed by atoms with van der Waals surface area (Å²) in [5, 5.41) is 67.1. The Balaban J connectivity index is 0.000000649. The van der Waals surface area contributed by atoms with Crippen LogP contribution in [0.3, 0.4) is 0 Å². The maximum Gasteiger partial charge on any atom is 0.476 e. The first-order chi connectivity index (χ1) is 49.8. The fourth-order valence-corrected chi connectivity index (χ4v) is 18.9. The van der Waals surface area contributed by atoms with Gasteiger partial charge < -0.3 is 132 Å². The van der Waals surface area contributed by atoms with Gasteiger partial charge in [-0.05, 0) is 0 Å². The fourth-order valence-electron chi connectivity index (χ4n) is 9.52. The number of methoxy groups -OCH3 is 1. The van der Waals surface area contributed by atoms with E-state index in [0.717, 1.165) is 6.66 Å². The zero-order valence-electron chi connectivity index (χ0n) is 60.0. The number of phosphoric acid groups is 7. The molecular formula is C44H90B8O48P10Se. The van der Waals surface area contributed by atoms with Gasteiger partial charge in [0.25, 0.3) is 7.47 Å². The third-order valence-corrected chi connectivity index (χ3v) is 27.4. The van der Waals surface area contributed by atoms with Gasteiger partial charge in [-0.25, -0.2) is 36.0 Å². The number of aliphatic hydroxyl groups is 7. The van der Waals surface area contributed by atoms with E-state index >= 15 is 0 Å². The molecule has 3 unspecified atom stereocenters. The molecule has 111 heavy (non-hydrogen) atoms. The molecule has 0 aromatic rings. The van der Waals surface area contributed by atoms with E-state index in [4.69, 9.17) is 178 Å². The Bertz CT molecular complexity index is 3020. The molecule has 0 spiro atoms. The van der Waals surface area contributed by atoms with E-state index in [-0.39, 0.29) is 68.5 Å². The van der Waals surface area contributed by atoms with E-state index in [1.54, 1.807) is 41.5 Å². The van der Waals surface area contributed by atoms with Crippen LogP contribution in [0.25, 0.3) is 0 Å². The molecule has 7 rings (SSSR count). The van der Waals surface area contributed by atoms with Gasteiger partial charge in [0.05, 0.1) is 70.2 Å². The molecule has 7 heterocycles. The Hall–Kier alpha value is 1.98. The second-order valence-corrected chi connectivity index (χ2v) is 44.1. The molecule has 31 atom stereocenters. The van der Waals surface area contributed by atoms with E-state index in [9.17, 15) is 76.8 Å². The fraction of sp³-hybridized carbons (Fsp3) is 1.00. The zero-order chi connectivity index (χ0) is 86.8. The molecule has 0 aromatic heterocycles. The largest absolute Gasteiger partial charge is 0.476 e. The molecule has 0 bridgehead atoms. The van der Waals surface area contributed by atoms with Gasteiger partial charge in [0, 0.05) is 79.4 Å². The summed E-state index contributed by atoms with van der Waals surface area (Å²) in [6, 6.07) is -4.70. The standard InChI is InChI=1S/C7H15BO8P2.C7H15BO7P2Se.C6H12B2O8P2.C6H12BO7P.3C6H12BO6P/c1-4-6(9)5(15-7(4)8)3-14-17(2,10)16-18(11,12)13;1-4-6(9)5(14-7(4)8)3-13-16(2,18)15-17(10,11)12;1-3-5(9)4(15-6(3)7)2-14-17(8,10)16-18(11,12)13;1-12-5-4(8)3(14-6(5)7)2-13-15(9,10)11;3*1-3-5(8)4(13-6(3)7)2-12-14(9,10)11/h4-7,9H,3H2,1-2H3,(H2,11,12,13);4-7,9H,3H2,1-2H3,(H2,10,11,12);3-6,9H,2H2,1H3,(H2,11,12,13);3-6,8H,2H2,1H3,(H2,9,10,11);3*3-6,8H,2H2,1H3,(H2,9,10,11)/t4-,5-,6+,7-,17?;4-,5-,6+,7-,16?;3-,4-,5+,6-,17?;3-,4-,5-,6-;3*3-,4-,5+,6-/m1111111/s1. The number of hydrogen-bond acceptors (Lipinski definition) is 34. The summed E-state index contributed by atoms with van der Waals surface area (Å²) in [7, 11) is 3.78. The van der Waals surface area contributed by atoms with Gasteiger partial charge >= 0.3 is 169 Å². The molecule has 0 aliphatic carbocycles. The van der Waals surface area contributed by atoms with Crippen LogP contribution in [-0.2, 0) is 124 Å². The second kappa shape index (κ2) is 47.2. The van der Waals surface area contributed by atoms with Crippen molar-refractivity contribution in [2.75, 3.05) is 66.7 Å². The molecule has 634 valence electrons. The summed E-state index contributed by atoms with van der Waals surface area (Å²) in [6.45, 7) is 10.0. The van der Waals surface area contributed by atoms with Crippen LogP contribution in [0.4, 0.5) is 0 Å². The van der Waals surface area contributed by atoms with Gasteiger partial charge in [-0.15, -0.1) is 0 Å². The SMILES string of the molecule is [B][C@@H]1O[C@H](COP(=O)(O)O)[C@@H](O)[C@H]1C.[B][C@@H]1O[C@H](COP(=O)(O)O)[C@@H](O)[C@H]1C.[B][C@@H]1O[C@H](COP(=O)(O)O)[C@@H](O)[C@H]1C.[B][C@@H]1O[C@H](COP(=O)(O)O)[C@@H](O)[C@H]1OC.[B][C@@H]1O[C@H](COP(C)(=O)OP(=O)(O)O)[C@@H](O)[C@H]1C.[B][C@@H]1O[C@H](COP(C)(=[Se])OP(=O)(O)O)[C@@H](O)[C@H]1C.[B][C@@H]1O[C@H](COP([B])(=O)OP(=O)(O)O)[C@@H](O)[C@H]1C. The molecule has 7 saturated heterocycles. The Kier molecular flexibility index (Phi) is 47.2. The van der Waals surface area contributed by atoms with Crippen LogP contribution in [0.15, 0.2) is 0 Å². The third-order valence-electron chi connectivity index (χ3n) is 16.0. The van der Waals surface area contributed by atoms with Crippen molar-refractivity contribution >= 4 is 153 Å². The predicted octanol–water partition coefficient (Wildman–Crippen LogP) is -6.01. The molecule has 67 heteroatoms. The maximum absolute atomic E-state index is 11.6. The summed E-state index contributed by atoms with van der Waals surface area (Å²) in [5.74, 6) is -4.55. The normalized spacial score (nSPS) is 37.5. The maximum atomic E-state index is 11.6. The molecule has 7 aliphatic rings. The number of ether oxygens (including phenoxy) is 8. The van der Waals surface area contributed by atoms with E-state index in [0.29, 0.717) is 0 Å². The monoisotopic (exact) mass is 1860 g/mol.